The second kappa shape index (κ2) is 12.3. The zero-order valence-corrected chi connectivity index (χ0v) is 22.7. The minimum Gasteiger partial charge on any atom is -0.618 e. The minimum absolute atomic E-state index is 0.0342. The molecule has 0 spiro atoms. The number of carbonyl (C=O) groups excluding carboxylic acids is 2. The van der Waals surface area contributed by atoms with Crippen LogP contribution < -0.4 is 10.0 Å². The van der Waals surface area contributed by atoms with Crippen molar-refractivity contribution >= 4 is 33.7 Å². The molecule has 1 N–H and O–H groups in total. The molecular formula is C26H25F2N3O7S2. The number of halogens is 2. The number of benzene rings is 2. The number of nitrogens with zero attached hydrogens (tertiary/aromatic N) is 2. The average molecular weight is 594 g/mol. The van der Waals surface area contributed by atoms with Crippen molar-refractivity contribution in [3.8, 4) is 0 Å². The van der Waals surface area contributed by atoms with E-state index in [2.05, 4.69) is 5.32 Å². The van der Waals surface area contributed by atoms with Crippen LogP contribution in [0.15, 0.2) is 83.9 Å². The monoisotopic (exact) mass is 593 g/mol. The maximum atomic E-state index is 13.8. The number of rotatable bonds is 10. The molecule has 1 unspecified atom stereocenters. The Morgan fingerprint density at radius 1 is 1.15 bits per heavy atom. The summed E-state index contributed by atoms with van der Waals surface area (Å²) in [5, 5.41) is 13.8. The fourth-order valence-electron chi connectivity index (χ4n) is 4.28. The Bertz CT molecular complexity index is 1480. The highest BCUT2D eigenvalue weighted by molar-refractivity contribution is 8.02. The Hall–Kier alpha value is -3.59. The molecule has 0 saturated carbocycles. The highest BCUT2D eigenvalue weighted by Crippen LogP contribution is 2.36. The number of hydrogen-bond acceptors (Lipinski definition) is 8. The van der Waals surface area contributed by atoms with Crippen LogP contribution in [0.1, 0.15) is 21.6 Å². The molecule has 1 amide bonds. The van der Waals surface area contributed by atoms with Crippen LogP contribution in [0.2, 0.25) is 0 Å². The summed E-state index contributed by atoms with van der Waals surface area (Å²) in [5.41, 5.74) is -2.24. The van der Waals surface area contributed by atoms with Crippen molar-refractivity contribution in [3.63, 3.8) is 0 Å². The molecular weight excluding hydrogens is 568 g/mol. The molecule has 0 bridgehead atoms. The molecule has 1 aromatic heterocycles. The normalized spacial score (nSPS) is 17.4. The van der Waals surface area contributed by atoms with E-state index in [4.69, 9.17) is 9.47 Å². The van der Waals surface area contributed by atoms with Crippen LogP contribution in [0.25, 0.3) is 0 Å². The van der Waals surface area contributed by atoms with Crippen molar-refractivity contribution in [2.24, 2.45) is 0 Å². The summed E-state index contributed by atoms with van der Waals surface area (Å²) in [6.07, 6.45) is 1.09. The molecule has 3 aromatic rings. The molecule has 4 rings (SSSR count). The fraction of sp³-hybridized carbons (Fsp3) is 0.269. The third-order valence-electron chi connectivity index (χ3n) is 6.17. The number of hydrogen-bond donors (Lipinski definition) is 1. The molecule has 2 heterocycles. The van der Waals surface area contributed by atoms with Gasteiger partial charge in [0, 0.05) is 37.0 Å². The van der Waals surface area contributed by atoms with Gasteiger partial charge in [-0.05, 0) is 29.8 Å². The maximum Gasteiger partial charge on any atom is 0.346 e. The SMILES string of the molecule is CNC(=O)c1cccc(S(=O)(=O)N2CCS[C@H]2C(=O)OCC(OC(F)F)(c2ccccc2)c2cccc[n+]2[O-])c1. The van der Waals surface area contributed by atoms with E-state index < -0.39 is 46.1 Å². The molecule has 1 fully saturated rings. The molecule has 1 aliphatic heterocycles. The Morgan fingerprint density at radius 2 is 1.88 bits per heavy atom. The topological polar surface area (TPSA) is 129 Å². The molecule has 40 heavy (non-hydrogen) atoms. The Labute approximate surface area is 233 Å². The van der Waals surface area contributed by atoms with E-state index in [-0.39, 0.29) is 34.0 Å². The third kappa shape index (κ3) is 5.94. The number of aromatic nitrogens is 1. The van der Waals surface area contributed by atoms with E-state index in [0.29, 0.717) is 4.73 Å². The van der Waals surface area contributed by atoms with Gasteiger partial charge in [0.2, 0.25) is 21.3 Å². The van der Waals surface area contributed by atoms with Crippen LogP contribution in [-0.2, 0) is 29.9 Å². The highest BCUT2D eigenvalue weighted by atomic mass is 32.2. The third-order valence-corrected chi connectivity index (χ3v) is 9.34. The lowest BCUT2D eigenvalue weighted by atomic mass is 9.90. The summed E-state index contributed by atoms with van der Waals surface area (Å²) in [5.74, 6) is -1.26. The van der Waals surface area contributed by atoms with Crippen molar-refractivity contribution in [3.05, 3.63) is 101 Å². The molecule has 14 heteroatoms. The molecule has 2 aromatic carbocycles. The highest BCUT2D eigenvalue weighted by Gasteiger charge is 2.48. The van der Waals surface area contributed by atoms with Crippen molar-refractivity contribution < 1.29 is 41.0 Å². The minimum atomic E-state index is -4.25. The van der Waals surface area contributed by atoms with Gasteiger partial charge in [0.25, 0.3) is 5.91 Å². The molecule has 0 aliphatic carbocycles. The first-order valence-electron chi connectivity index (χ1n) is 11.9. The number of pyridine rings is 1. The van der Waals surface area contributed by atoms with E-state index in [1.165, 1.54) is 61.6 Å². The second-order valence-corrected chi connectivity index (χ2v) is 11.6. The number of esters is 1. The zero-order valence-electron chi connectivity index (χ0n) is 21.1. The molecule has 2 atom stereocenters. The Morgan fingerprint density at radius 3 is 2.55 bits per heavy atom. The standard InChI is InChI=1S/C26H25F2N3O7S2/c1-29-22(32)18-8-7-11-20(16-18)40(35,36)31-14-15-39-23(31)24(33)37-17-26(38-25(27)28,19-9-3-2-4-10-19)21-12-5-6-13-30(21)34/h2-13,16,23,25H,14-15,17H2,1H3,(H,29,32)/t23-,26?/m0/s1. The van der Waals surface area contributed by atoms with Crippen molar-refractivity contribution in [1.29, 1.82) is 0 Å². The van der Waals surface area contributed by atoms with Crippen LogP contribution in [0, 0.1) is 5.21 Å². The first-order chi connectivity index (χ1) is 19.1. The van der Waals surface area contributed by atoms with Crippen molar-refractivity contribution in [2.75, 3.05) is 26.0 Å². The van der Waals surface area contributed by atoms with Gasteiger partial charge in [-0.1, -0.05) is 36.4 Å². The van der Waals surface area contributed by atoms with E-state index in [1.807, 2.05) is 0 Å². The van der Waals surface area contributed by atoms with Gasteiger partial charge in [-0.2, -0.15) is 17.8 Å². The smallest absolute Gasteiger partial charge is 0.346 e. The summed E-state index contributed by atoms with van der Waals surface area (Å²) in [6, 6.07) is 17.1. The van der Waals surface area contributed by atoms with Gasteiger partial charge in [-0.15, -0.1) is 11.8 Å². The molecule has 212 valence electrons. The first-order valence-corrected chi connectivity index (χ1v) is 14.4. The predicted octanol–water partition coefficient (Wildman–Crippen LogP) is 2.47. The van der Waals surface area contributed by atoms with E-state index in [1.54, 1.807) is 18.2 Å². The maximum absolute atomic E-state index is 13.8. The van der Waals surface area contributed by atoms with Crippen LogP contribution >= 0.6 is 11.8 Å². The molecule has 1 saturated heterocycles. The quantitative estimate of drug-likeness (QED) is 0.216. The largest absolute Gasteiger partial charge is 0.618 e. The van der Waals surface area contributed by atoms with Crippen molar-refractivity contribution in [1.82, 2.24) is 9.62 Å². The van der Waals surface area contributed by atoms with Gasteiger partial charge in [0.05, 0.1) is 4.90 Å². The number of carbonyl (C=O) groups is 2. The van der Waals surface area contributed by atoms with E-state index >= 15 is 0 Å². The lowest BCUT2D eigenvalue weighted by Gasteiger charge is -2.32. The average Bonchev–Trinajstić information content (AvgIpc) is 3.47. The Balaban J connectivity index is 1.65. The molecule has 1 aliphatic rings. The summed E-state index contributed by atoms with van der Waals surface area (Å²) < 4.78 is 66.2. The molecule has 10 nitrogen and oxygen atoms in total. The zero-order chi connectivity index (χ0) is 28.9. The lowest BCUT2D eigenvalue weighted by molar-refractivity contribution is -0.623. The molecule has 0 radical (unpaired) electrons. The first kappa shape index (κ1) is 29.4. The van der Waals surface area contributed by atoms with Gasteiger partial charge >= 0.3 is 12.6 Å². The van der Waals surface area contributed by atoms with E-state index in [0.717, 1.165) is 22.3 Å². The summed E-state index contributed by atoms with van der Waals surface area (Å²) in [7, 11) is -2.85. The number of sulfonamides is 1. The van der Waals surface area contributed by atoms with Crippen LogP contribution in [0.3, 0.4) is 0 Å². The predicted molar refractivity (Wildman–Crippen MR) is 141 cm³/mol. The lowest BCUT2D eigenvalue weighted by Crippen LogP contribution is -2.49. The van der Waals surface area contributed by atoms with Crippen LogP contribution in [0.4, 0.5) is 8.78 Å². The fourth-order valence-corrected chi connectivity index (χ4v) is 7.38. The van der Waals surface area contributed by atoms with Crippen LogP contribution in [-0.4, -0.2) is 62.5 Å². The Kier molecular flexibility index (Phi) is 9.03. The van der Waals surface area contributed by atoms with Gasteiger partial charge < -0.3 is 15.3 Å². The van der Waals surface area contributed by atoms with Gasteiger partial charge in [-0.3, -0.25) is 9.53 Å². The number of amides is 1. The van der Waals surface area contributed by atoms with Gasteiger partial charge in [-0.25, -0.2) is 13.2 Å². The van der Waals surface area contributed by atoms with E-state index in [9.17, 15) is 32.0 Å². The summed E-state index contributed by atoms with van der Waals surface area (Å²) in [6.45, 7) is -4.23. The van der Waals surface area contributed by atoms with Gasteiger partial charge in [0.1, 0.15) is 6.61 Å². The van der Waals surface area contributed by atoms with Crippen molar-refractivity contribution in [2.45, 2.75) is 22.5 Å². The second-order valence-electron chi connectivity index (χ2n) is 8.54. The number of ether oxygens (including phenoxy) is 2. The number of alkyl halides is 2. The number of thioether (sulfide) groups is 1. The summed E-state index contributed by atoms with van der Waals surface area (Å²) in [4.78, 5) is 25.1. The number of nitrogens with one attached hydrogen (secondary N) is 1. The summed E-state index contributed by atoms with van der Waals surface area (Å²) >= 11 is 0.991. The van der Waals surface area contributed by atoms with Crippen LogP contribution in [0.5, 0.6) is 0 Å². The van der Waals surface area contributed by atoms with Gasteiger partial charge in [0.15, 0.2) is 11.6 Å².